The Kier molecular flexibility index (Phi) is 10.7. The lowest BCUT2D eigenvalue weighted by Gasteiger charge is -2.18. The average Bonchev–Trinajstić information content (AvgIpc) is 2.83. The molecule has 0 amide bonds. The highest BCUT2D eigenvalue weighted by atomic mass is 16.4. The van der Waals surface area contributed by atoms with Crippen LogP contribution in [0, 0.1) is 11.8 Å². The molecule has 0 aromatic rings. The molecule has 1 aliphatic carbocycles. The molecule has 0 heterocycles. The zero-order valence-electron chi connectivity index (χ0n) is 15.4. The van der Waals surface area contributed by atoms with Gasteiger partial charge in [-0.15, -0.1) is 0 Å². The van der Waals surface area contributed by atoms with Crippen LogP contribution < -0.4 is 0 Å². The van der Waals surface area contributed by atoms with Gasteiger partial charge in [-0.05, 0) is 31.6 Å². The Bertz CT molecular complexity index is 432. The summed E-state index contributed by atoms with van der Waals surface area (Å²) in [5.74, 6) is -1.25. The summed E-state index contributed by atoms with van der Waals surface area (Å²) in [5, 5.41) is 28.0. The second kappa shape index (κ2) is 12.2. The summed E-state index contributed by atoms with van der Waals surface area (Å²) in [5.41, 5.74) is 0. The molecule has 1 unspecified atom stereocenters. The second-order valence-electron chi connectivity index (χ2n) is 7.20. The summed E-state index contributed by atoms with van der Waals surface area (Å²) >= 11 is 0. The van der Waals surface area contributed by atoms with Gasteiger partial charge in [0.2, 0.25) is 0 Å². The number of aliphatic hydroxyl groups is 2. The SMILES string of the molecule is CCCCCC/C=C/[C@H]1C(=O)C[C@H](O)[C@@H]1CCCCCC(O)C(=O)O. The minimum Gasteiger partial charge on any atom is -0.479 e. The van der Waals surface area contributed by atoms with Crippen LogP contribution in [0.1, 0.15) is 77.6 Å². The number of ketones is 1. The van der Waals surface area contributed by atoms with Crippen LogP contribution in [0.5, 0.6) is 0 Å². The van der Waals surface area contributed by atoms with Crippen molar-refractivity contribution in [3.05, 3.63) is 12.2 Å². The van der Waals surface area contributed by atoms with E-state index in [0.717, 1.165) is 32.1 Å². The van der Waals surface area contributed by atoms with Crippen LogP contribution in [0.25, 0.3) is 0 Å². The summed E-state index contributed by atoms with van der Waals surface area (Å²) in [4.78, 5) is 22.7. The third kappa shape index (κ3) is 8.15. The van der Waals surface area contributed by atoms with Crippen molar-refractivity contribution >= 4 is 11.8 Å². The molecule has 0 aliphatic heterocycles. The van der Waals surface area contributed by atoms with E-state index in [2.05, 4.69) is 13.0 Å². The van der Waals surface area contributed by atoms with Crippen LogP contribution in [0.3, 0.4) is 0 Å². The monoisotopic (exact) mass is 354 g/mol. The van der Waals surface area contributed by atoms with Crippen molar-refractivity contribution in [3.63, 3.8) is 0 Å². The van der Waals surface area contributed by atoms with E-state index < -0.39 is 18.2 Å². The van der Waals surface area contributed by atoms with Crippen LogP contribution in [-0.4, -0.2) is 39.3 Å². The molecule has 144 valence electrons. The number of unbranched alkanes of at least 4 members (excludes halogenated alkanes) is 6. The first-order valence-corrected chi connectivity index (χ1v) is 9.75. The molecule has 0 aromatic heterocycles. The van der Waals surface area contributed by atoms with Gasteiger partial charge >= 0.3 is 5.97 Å². The largest absolute Gasteiger partial charge is 0.479 e. The first-order chi connectivity index (χ1) is 12.0. The Morgan fingerprint density at radius 1 is 1.20 bits per heavy atom. The van der Waals surface area contributed by atoms with Gasteiger partial charge in [0.15, 0.2) is 6.10 Å². The van der Waals surface area contributed by atoms with Crippen molar-refractivity contribution in [1.82, 2.24) is 0 Å². The molecule has 25 heavy (non-hydrogen) atoms. The van der Waals surface area contributed by atoms with Crippen molar-refractivity contribution in [1.29, 1.82) is 0 Å². The Labute approximate surface area is 151 Å². The quantitative estimate of drug-likeness (QED) is 0.348. The van der Waals surface area contributed by atoms with Crippen LogP contribution >= 0.6 is 0 Å². The van der Waals surface area contributed by atoms with Crippen LogP contribution in [-0.2, 0) is 9.59 Å². The molecule has 4 atom stereocenters. The van der Waals surface area contributed by atoms with Crippen LogP contribution in [0.15, 0.2) is 12.2 Å². The number of carboxylic acid groups (broad SMARTS) is 1. The van der Waals surface area contributed by atoms with E-state index in [1.54, 1.807) is 0 Å². The number of hydrogen-bond acceptors (Lipinski definition) is 4. The highest BCUT2D eigenvalue weighted by Gasteiger charge is 2.39. The van der Waals surface area contributed by atoms with Crippen molar-refractivity contribution in [2.45, 2.75) is 89.8 Å². The molecule has 0 saturated heterocycles. The molecule has 0 spiro atoms. The fraction of sp³-hybridized carbons (Fsp3) is 0.800. The van der Waals surface area contributed by atoms with Gasteiger partial charge in [-0.2, -0.15) is 0 Å². The standard InChI is InChI=1S/C20H34O5/c1-2-3-4-5-6-8-11-15-16(19(23)14-18(15)22)12-9-7-10-13-17(21)20(24)25/h8,11,15-17,19,21,23H,2-7,9-10,12-14H2,1H3,(H,24,25)/b11-8+/t15-,16-,17?,19+/m1/s1. The molecule has 5 heteroatoms. The fourth-order valence-electron chi connectivity index (χ4n) is 3.54. The summed E-state index contributed by atoms with van der Waals surface area (Å²) in [7, 11) is 0. The predicted molar refractivity (Wildman–Crippen MR) is 97.2 cm³/mol. The fourth-order valence-corrected chi connectivity index (χ4v) is 3.54. The van der Waals surface area contributed by atoms with Crippen molar-refractivity contribution in [2.24, 2.45) is 11.8 Å². The van der Waals surface area contributed by atoms with Gasteiger partial charge in [0.25, 0.3) is 0 Å². The van der Waals surface area contributed by atoms with Gasteiger partial charge in [-0.1, -0.05) is 57.6 Å². The van der Waals surface area contributed by atoms with Gasteiger partial charge in [-0.3, -0.25) is 4.79 Å². The maximum atomic E-state index is 12.1. The van der Waals surface area contributed by atoms with E-state index in [1.165, 1.54) is 19.3 Å². The molecule has 3 N–H and O–H groups in total. The van der Waals surface area contributed by atoms with Gasteiger partial charge in [0.1, 0.15) is 5.78 Å². The number of hydrogen-bond donors (Lipinski definition) is 3. The minimum atomic E-state index is -1.29. The lowest BCUT2D eigenvalue weighted by molar-refractivity contribution is -0.147. The first kappa shape index (κ1) is 21.8. The summed E-state index contributed by atoms with van der Waals surface area (Å²) < 4.78 is 0. The number of rotatable bonds is 13. The van der Waals surface area contributed by atoms with Crippen LogP contribution in [0.4, 0.5) is 0 Å². The van der Waals surface area contributed by atoms with E-state index in [9.17, 15) is 19.8 Å². The normalized spacial score (nSPS) is 24.9. The van der Waals surface area contributed by atoms with Gasteiger partial charge in [0, 0.05) is 12.3 Å². The van der Waals surface area contributed by atoms with Gasteiger partial charge in [-0.25, -0.2) is 4.79 Å². The van der Waals surface area contributed by atoms with E-state index in [4.69, 9.17) is 5.11 Å². The molecule has 0 bridgehead atoms. The zero-order valence-corrected chi connectivity index (χ0v) is 15.4. The second-order valence-corrected chi connectivity index (χ2v) is 7.20. The Hall–Kier alpha value is -1.20. The highest BCUT2D eigenvalue weighted by molar-refractivity contribution is 5.85. The number of carbonyl (C=O) groups is 2. The number of allylic oxidation sites excluding steroid dienone is 2. The maximum Gasteiger partial charge on any atom is 0.332 e. The summed E-state index contributed by atoms with van der Waals surface area (Å²) in [6, 6.07) is 0. The first-order valence-electron chi connectivity index (χ1n) is 9.75. The smallest absolute Gasteiger partial charge is 0.332 e. The molecule has 0 radical (unpaired) electrons. The zero-order chi connectivity index (χ0) is 18.7. The van der Waals surface area contributed by atoms with Crippen molar-refractivity contribution in [3.8, 4) is 0 Å². The van der Waals surface area contributed by atoms with E-state index in [-0.39, 0.29) is 30.5 Å². The van der Waals surface area contributed by atoms with E-state index in [0.29, 0.717) is 6.42 Å². The molecule has 1 saturated carbocycles. The minimum absolute atomic E-state index is 0.0243. The molecule has 1 fully saturated rings. The molecule has 1 aliphatic rings. The highest BCUT2D eigenvalue weighted by Crippen LogP contribution is 2.34. The Balaban J connectivity index is 2.32. The topological polar surface area (TPSA) is 94.8 Å². The van der Waals surface area contributed by atoms with Crippen molar-refractivity contribution < 1.29 is 24.9 Å². The van der Waals surface area contributed by atoms with Crippen molar-refractivity contribution in [2.75, 3.05) is 0 Å². The Morgan fingerprint density at radius 3 is 2.60 bits per heavy atom. The summed E-state index contributed by atoms with van der Waals surface area (Å²) in [6.45, 7) is 2.18. The Morgan fingerprint density at radius 2 is 1.92 bits per heavy atom. The lowest BCUT2D eigenvalue weighted by Crippen LogP contribution is -2.20. The van der Waals surface area contributed by atoms with Crippen LogP contribution in [0.2, 0.25) is 0 Å². The average molecular weight is 354 g/mol. The third-order valence-electron chi connectivity index (χ3n) is 5.11. The third-order valence-corrected chi connectivity index (χ3v) is 5.11. The molecule has 5 nitrogen and oxygen atoms in total. The van der Waals surface area contributed by atoms with E-state index >= 15 is 0 Å². The predicted octanol–water partition coefficient (Wildman–Crippen LogP) is 3.48. The molecular formula is C20H34O5. The number of carboxylic acids is 1. The van der Waals surface area contributed by atoms with Gasteiger partial charge < -0.3 is 15.3 Å². The molecule has 0 aromatic carbocycles. The van der Waals surface area contributed by atoms with Gasteiger partial charge in [0.05, 0.1) is 6.10 Å². The summed E-state index contributed by atoms with van der Waals surface area (Å²) in [6.07, 6.45) is 11.6. The van der Waals surface area contributed by atoms with E-state index in [1.807, 2.05) is 6.08 Å². The number of Topliss-reactive ketones (excluding diaryl/α,β-unsaturated/α-hetero) is 1. The lowest BCUT2D eigenvalue weighted by atomic mass is 9.88. The number of aliphatic carboxylic acids is 1. The number of aliphatic hydroxyl groups excluding tert-OH is 2. The maximum absolute atomic E-state index is 12.1. The number of carbonyl (C=O) groups excluding carboxylic acids is 1. The molecule has 1 rings (SSSR count). The molecular weight excluding hydrogens is 320 g/mol.